The summed E-state index contributed by atoms with van der Waals surface area (Å²) in [5.41, 5.74) is 0. The molecule has 0 aromatic rings. The molecule has 1 heteroatoms. The fourth-order valence-corrected chi connectivity index (χ4v) is 0.569. The Labute approximate surface area is 50.9 Å². The molecule has 0 aromatic carbocycles. The number of rotatable bonds is 4. The van der Waals surface area contributed by atoms with Crippen molar-refractivity contribution in [1.82, 2.24) is 0 Å². The van der Waals surface area contributed by atoms with Crippen LogP contribution in [0.5, 0.6) is 0 Å². The highest BCUT2D eigenvalue weighted by molar-refractivity contribution is 5.46. The van der Waals surface area contributed by atoms with E-state index < -0.39 is 0 Å². The fraction of sp³-hybridized carbons (Fsp3) is 0.714. The number of allylic oxidation sites excluding steroid dienone is 1. The summed E-state index contributed by atoms with van der Waals surface area (Å²) in [6.07, 6.45) is 6.54. The van der Waals surface area contributed by atoms with Gasteiger partial charge in [-0.2, -0.15) is 0 Å². The summed E-state index contributed by atoms with van der Waals surface area (Å²) in [5, 5.41) is 6.53. The molecular formula is C7H13N. The van der Waals surface area contributed by atoms with Crippen LogP contribution in [0.1, 0.15) is 32.6 Å². The van der Waals surface area contributed by atoms with E-state index in [0.717, 1.165) is 6.42 Å². The molecule has 1 nitrogen and oxygen atoms in total. The zero-order valence-electron chi connectivity index (χ0n) is 5.41. The maximum absolute atomic E-state index is 6.53. The van der Waals surface area contributed by atoms with Crippen LogP contribution in [0, 0.1) is 5.41 Å². The number of hydrogen-bond donors (Lipinski definition) is 1. The maximum Gasteiger partial charge on any atom is -0.0234 e. The van der Waals surface area contributed by atoms with Crippen molar-refractivity contribution < 1.29 is 0 Å². The van der Waals surface area contributed by atoms with E-state index in [4.69, 9.17) is 5.41 Å². The van der Waals surface area contributed by atoms with Crippen LogP contribution in [0.25, 0.3) is 0 Å². The maximum atomic E-state index is 6.53. The smallest absolute Gasteiger partial charge is 0.0234 e. The topological polar surface area (TPSA) is 23.9 Å². The number of nitrogens with one attached hydrogen (secondary N) is 1. The minimum atomic E-state index is 1.03. The zero-order valence-corrected chi connectivity index (χ0v) is 5.41. The van der Waals surface area contributed by atoms with Crippen LogP contribution >= 0.6 is 0 Å². The zero-order chi connectivity index (χ0) is 6.24. The van der Waals surface area contributed by atoms with Crippen LogP contribution in [-0.2, 0) is 0 Å². The lowest BCUT2D eigenvalue weighted by Crippen LogP contribution is -1.69. The molecule has 0 aliphatic carbocycles. The van der Waals surface area contributed by atoms with Crippen molar-refractivity contribution >= 4 is 5.87 Å². The van der Waals surface area contributed by atoms with Crippen LogP contribution in [0.3, 0.4) is 0 Å². The predicted octanol–water partition coefficient (Wildman–Crippen LogP) is 2.37. The average Bonchev–Trinajstić information content (AvgIpc) is 1.81. The van der Waals surface area contributed by atoms with Gasteiger partial charge in [0.2, 0.25) is 0 Å². The van der Waals surface area contributed by atoms with Crippen molar-refractivity contribution in [1.29, 1.82) is 5.41 Å². The third-order valence-corrected chi connectivity index (χ3v) is 1.05. The minimum absolute atomic E-state index is 1.03. The number of unbranched alkanes of at least 4 members (excludes halogenated alkanes) is 3. The lowest BCUT2D eigenvalue weighted by Gasteiger charge is -1.87. The SMILES string of the molecule is CCCCCC=C=N. The van der Waals surface area contributed by atoms with Crippen LogP contribution in [0.15, 0.2) is 6.08 Å². The molecule has 8 heavy (non-hydrogen) atoms. The lowest BCUT2D eigenvalue weighted by atomic mass is 10.2. The summed E-state index contributed by atoms with van der Waals surface area (Å²) in [6.45, 7) is 2.17. The Morgan fingerprint density at radius 1 is 1.50 bits per heavy atom. The lowest BCUT2D eigenvalue weighted by molar-refractivity contribution is 0.731. The van der Waals surface area contributed by atoms with Gasteiger partial charge in [-0.3, -0.25) is 5.41 Å². The van der Waals surface area contributed by atoms with Gasteiger partial charge in [0.1, 0.15) is 0 Å². The first-order valence-electron chi connectivity index (χ1n) is 3.15. The third-order valence-electron chi connectivity index (χ3n) is 1.05. The Morgan fingerprint density at radius 2 is 2.25 bits per heavy atom. The Balaban J connectivity index is 2.82. The Morgan fingerprint density at radius 3 is 2.75 bits per heavy atom. The Kier molecular flexibility index (Phi) is 6.01. The van der Waals surface area contributed by atoms with Gasteiger partial charge in [0, 0.05) is 0 Å². The van der Waals surface area contributed by atoms with Crippen molar-refractivity contribution in [3.8, 4) is 0 Å². The minimum Gasteiger partial charge on any atom is -0.259 e. The summed E-state index contributed by atoms with van der Waals surface area (Å²) < 4.78 is 0. The molecule has 0 radical (unpaired) electrons. The largest absolute Gasteiger partial charge is 0.259 e. The molecule has 0 unspecified atom stereocenters. The summed E-state index contributed by atoms with van der Waals surface area (Å²) >= 11 is 0. The summed E-state index contributed by atoms with van der Waals surface area (Å²) in [5.74, 6) is 2.25. The fourth-order valence-electron chi connectivity index (χ4n) is 0.569. The van der Waals surface area contributed by atoms with E-state index >= 15 is 0 Å². The Bertz CT molecular complexity index is 80.4. The van der Waals surface area contributed by atoms with Crippen molar-refractivity contribution in [2.24, 2.45) is 0 Å². The van der Waals surface area contributed by atoms with Crippen molar-refractivity contribution in [2.75, 3.05) is 0 Å². The van der Waals surface area contributed by atoms with E-state index in [1.807, 2.05) is 0 Å². The molecule has 0 rings (SSSR count). The van der Waals surface area contributed by atoms with Gasteiger partial charge in [-0.15, -0.1) is 0 Å². The number of hydrogen-bond acceptors (Lipinski definition) is 1. The molecule has 0 saturated carbocycles. The predicted molar refractivity (Wildman–Crippen MR) is 36.4 cm³/mol. The molecule has 0 aromatic heterocycles. The average molecular weight is 111 g/mol. The molecule has 0 bridgehead atoms. The van der Waals surface area contributed by atoms with E-state index in [0.29, 0.717) is 0 Å². The standard InChI is InChI=1S/C7H13N/c1-2-3-4-5-6-7-8/h6,8H,2-5H2,1H3. The van der Waals surface area contributed by atoms with Gasteiger partial charge in [-0.1, -0.05) is 19.8 Å². The van der Waals surface area contributed by atoms with Crippen molar-refractivity contribution in [3.05, 3.63) is 6.08 Å². The third kappa shape index (κ3) is 5.45. The van der Waals surface area contributed by atoms with Gasteiger partial charge in [-0.25, -0.2) is 0 Å². The molecule has 0 fully saturated rings. The van der Waals surface area contributed by atoms with Gasteiger partial charge >= 0.3 is 0 Å². The van der Waals surface area contributed by atoms with Crippen LogP contribution in [-0.4, -0.2) is 5.87 Å². The van der Waals surface area contributed by atoms with Crippen LogP contribution < -0.4 is 0 Å². The molecule has 46 valence electrons. The second-order valence-corrected chi connectivity index (χ2v) is 1.84. The molecular weight excluding hydrogens is 98.1 g/mol. The first kappa shape index (κ1) is 7.45. The van der Waals surface area contributed by atoms with Gasteiger partial charge in [0.25, 0.3) is 0 Å². The van der Waals surface area contributed by atoms with Gasteiger partial charge in [-0.05, 0) is 24.8 Å². The summed E-state index contributed by atoms with van der Waals surface area (Å²) in [7, 11) is 0. The van der Waals surface area contributed by atoms with Crippen molar-refractivity contribution in [2.45, 2.75) is 32.6 Å². The first-order valence-corrected chi connectivity index (χ1v) is 3.15. The van der Waals surface area contributed by atoms with Gasteiger partial charge in [0.05, 0.1) is 0 Å². The van der Waals surface area contributed by atoms with E-state index in [-0.39, 0.29) is 0 Å². The highest BCUT2D eigenvalue weighted by Gasteiger charge is 1.78. The van der Waals surface area contributed by atoms with Crippen LogP contribution in [0.2, 0.25) is 0 Å². The van der Waals surface area contributed by atoms with E-state index in [9.17, 15) is 0 Å². The normalized spacial score (nSPS) is 8.12. The van der Waals surface area contributed by atoms with E-state index in [2.05, 4.69) is 12.8 Å². The summed E-state index contributed by atoms with van der Waals surface area (Å²) in [4.78, 5) is 0. The molecule has 0 amide bonds. The highest BCUT2D eigenvalue weighted by atomic mass is 14.3. The molecule has 0 spiro atoms. The molecule has 0 aliphatic rings. The van der Waals surface area contributed by atoms with E-state index in [1.54, 1.807) is 6.08 Å². The molecule has 0 saturated heterocycles. The van der Waals surface area contributed by atoms with Crippen molar-refractivity contribution in [3.63, 3.8) is 0 Å². The quantitative estimate of drug-likeness (QED) is 0.425. The van der Waals surface area contributed by atoms with Crippen LogP contribution in [0.4, 0.5) is 0 Å². The Hall–Kier alpha value is -0.550. The monoisotopic (exact) mass is 111 g/mol. The van der Waals surface area contributed by atoms with Gasteiger partial charge < -0.3 is 0 Å². The highest BCUT2D eigenvalue weighted by Crippen LogP contribution is 1.97. The molecule has 0 aliphatic heterocycles. The molecule has 0 atom stereocenters. The van der Waals surface area contributed by atoms with Gasteiger partial charge in [0.15, 0.2) is 0 Å². The molecule has 1 N–H and O–H groups in total. The molecule has 0 heterocycles. The first-order chi connectivity index (χ1) is 3.91. The second-order valence-electron chi connectivity index (χ2n) is 1.84. The second kappa shape index (κ2) is 6.45. The summed E-state index contributed by atoms with van der Waals surface area (Å²) in [6, 6.07) is 0. The van der Waals surface area contributed by atoms with E-state index in [1.165, 1.54) is 19.3 Å².